The van der Waals surface area contributed by atoms with Crippen molar-refractivity contribution < 1.29 is 9.47 Å². The van der Waals surface area contributed by atoms with Crippen LogP contribution >= 0.6 is 11.6 Å². The van der Waals surface area contributed by atoms with Crippen LogP contribution in [0.1, 0.15) is 115 Å². The fourth-order valence-electron chi connectivity index (χ4n) is 4.77. The molecule has 0 N–H and O–H groups in total. The number of ether oxygens (including phenoxy) is 2. The molecule has 43 heavy (non-hydrogen) atoms. The van der Waals surface area contributed by atoms with E-state index in [1.54, 1.807) is 0 Å². The summed E-state index contributed by atoms with van der Waals surface area (Å²) in [5.41, 5.74) is 3.50. The molecule has 0 aliphatic heterocycles. The summed E-state index contributed by atoms with van der Waals surface area (Å²) in [6.45, 7) is 6.05. The van der Waals surface area contributed by atoms with Crippen LogP contribution < -0.4 is 9.47 Å². The molecule has 0 unspecified atom stereocenters. The van der Waals surface area contributed by atoms with Gasteiger partial charge in [0.05, 0.1) is 29.6 Å². The molecule has 232 valence electrons. The third-order valence-electron chi connectivity index (χ3n) is 7.44. The van der Waals surface area contributed by atoms with Crippen LogP contribution in [0.5, 0.6) is 11.5 Å². The van der Waals surface area contributed by atoms with Crippen LogP contribution in [0, 0.1) is 0 Å². The second-order valence-electron chi connectivity index (χ2n) is 11.2. The molecule has 0 atom stereocenters. The van der Waals surface area contributed by atoms with E-state index >= 15 is 0 Å². The SMILES string of the molecule is CCCCCCCCCOc1ccc(C=Nc2ccc(N=Cc3ccc(OCCCCCCCCC)cc3)c(Cl)c2)cc1. The number of benzene rings is 3. The molecule has 0 saturated carbocycles. The third-order valence-corrected chi connectivity index (χ3v) is 7.74. The van der Waals surface area contributed by atoms with Crippen molar-refractivity contribution in [1.82, 2.24) is 0 Å². The molecule has 0 heterocycles. The minimum atomic E-state index is 0.564. The maximum atomic E-state index is 6.52. The van der Waals surface area contributed by atoms with Gasteiger partial charge in [-0.2, -0.15) is 0 Å². The van der Waals surface area contributed by atoms with E-state index < -0.39 is 0 Å². The van der Waals surface area contributed by atoms with E-state index in [9.17, 15) is 0 Å². The fraction of sp³-hybridized carbons (Fsp3) is 0.474. The lowest BCUT2D eigenvalue weighted by molar-refractivity contribution is 0.304. The Morgan fingerprint density at radius 3 is 1.44 bits per heavy atom. The fourth-order valence-corrected chi connectivity index (χ4v) is 5.00. The molecule has 3 aromatic rings. The van der Waals surface area contributed by atoms with E-state index in [0.29, 0.717) is 10.7 Å². The van der Waals surface area contributed by atoms with Crippen LogP contribution in [0.15, 0.2) is 76.7 Å². The lowest BCUT2D eigenvalue weighted by Gasteiger charge is -2.06. The summed E-state index contributed by atoms with van der Waals surface area (Å²) >= 11 is 6.52. The Hall–Kier alpha value is -3.11. The lowest BCUT2D eigenvalue weighted by atomic mass is 10.1. The summed E-state index contributed by atoms with van der Waals surface area (Å²) in [5.74, 6) is 1.80. The van der Waals surface area contributed by atoms with Crippen LogP contribution in [0.25, 0.3) is 0 Å². The maximum Gasteiger partial charge on any atom is 0.119 e. The molecule has 0 aliphatic rings. The van der Waals surface area contributed by atoms with Crippen LogP contribution in [0.3, 0.4) is 0 Å². The van der Waals surface area contributed by atoms with Crippen molar-refractivity contribution in [2.45, 2.75) is 104 Å². The highest BCUT2D eigenvalue weighted by Crippen LogP contribution is 2.29. The Kier molecular flexibility index (Phi) is 17.2. The van der Waals surface area contributed by atoms with E-state index in [2.05, 4.69) is 23.8 Å². The van der Waals surface area contributed by atoms with Gasteiger partial charge in [0, 0.05) is 12.4 Å². The van der Waals surface area contributed by atoms with Crippen molar-refractivity contribution in [2.24, 2.45) is 9.98 Å². The van der Waals surface area contributed by atoms with Crippen molar-refractivity contribution in [3.63, 3.8) is 0 Å². The van der Waals surface area contributed by atoms with Gasteiger partial charge in [-0.1, -0.05) is 102 Å². The molecule has 0 saturated heterocycles. The predicted octanol–water partition coefficient (Wildman–Crippen LogP) is 12.1. The molecule has 0 radical (unpaired) electrons. The largest absolute Gasteiger partial charge is 0.494 e. The highest BCUT2D eigenvalue weighted by molar-refractivity contribution is 6.33. The zero-order chi connectivity index (χ0) is 30.4. The first-order valence-corrected chi connectivity index (χ1v) is 16.9. The molecule has 5 heteroatoms. The van der Waals surface area contributed by atoms with Gasteiger partial charge in [0.25, 0.3) is 0 Å². The summed E-state index contributed by atoms with van der Waals surface area (Å²) in [6, 6.07) is 21.7. The van der Waals surface area contributed by atoms with Crippen molar-refractivity contribution in [3.8, 4) is 11.5 Å². The topological polar surface area (TPSA) is 43.2 Å². The van der Waals surface area contributed by atoms with E-state index in [-0.39, 0.29) is 0 Å². The molecular weight excluding hydrogens is 552 g/mol. The average Bonchev–Trinajstić information content (AvgIpc) is 3.03. The van der Waals surface area contributed by atoms with Gasteiger partial charge < -0.3 is 9.47 Å². The van der Waals surface area contributed by atoms with Crippen molar-refractivity contribution in [3.05, 3.63) is 82.9 Å². The summed E-state index contributed by atoms with van der Waals surface area (Å²) in [5, 5.41) is 0.564. The van der Waals surface area contributed by atoms with Gasteiger partial charge in [-0.3, -0.25) is 9.98 Å². The van der Waals surface area contributed by atoms with E-state index in [4.69, 9.17) is 21.1 Å². The highest BCUT2D eigenvalue weighted by Gasteiger charge is 2.01. The predicted molar refractivity (Wildman–Crippen MR) is 186 cm³/mol. The van der Waals surface area contributed by atoms with Gasteiger partial charge >= 0.3 is 0 Å². The standard InChI is InChI=1S/C38H51ClN2O2/c1-3-5-7-9-11-13-15-27-42-35-22-17-32(18-23-35)30-40-34-21-26-38(37(39)29-34)41-31-33-19-24-36(25-20-33)43-28-16-14-12-10-8-6-4-2/h17-26,29-31H,3-16,27-28H2,1-2H3. The minimum Gasteiger partial charge on any atom is -0.494 e. The molecule has 3 aromatic carbocycles. The minimum absolute atomic E-state index is 0.564. The first kappa shape index (κ1) is 34.4. The molecule has 0 spiro atoms. The smallest absolute Gasteiger partial charge is 0.119 e. The first-order chi connectivity index (χ1) is 21.2. The summed E-state index contributed by atoms with van der Waals surface area (Å²) in [7, 11) is 0. The molecule has 4 nitrogen and oxygen atoms in total. The van der Waals surface area contributed by atoms with Gasteiger partial charge in [0.15, 0.2) is 0 Å². The number of unbranched alkanes of at least 4 members (excludes halogenated alkanes) is 12. The van der Waals surface area contributed by atoms with E-state index in [1.807, 2.05) is 79.2 Å². The molecule has 0 fully saturated rings. The number of rotatable bonds is 22. The summed E-state index contributed by atoms with van der Waals surface area (Å²) in [6.07, 6.45) is 21.6. The first-order valence-electron chi connectivity index (χ1n) is 16.5. The van der Waals surface area contributed by atoms with Crippen molar-refractivity contribution in [1.29, 1.82) is 0 Å². The van der Waals surface area contributed by atoms with Gasteiger partial charge in [-0.05, 0) is 90.7 Å². The van der Waals surface area contributed by atoms with Gasteiger partial charge in [-0.15, -0.1) is 0 Å². The molecule has 0 aliphatic carbocycles. The maximum absolute atomic E-state index is 6.52. The number of halogens is 1. The van der Waals surface area contributed by atoms with Crippen molar-refractivity contribution in [2.75, 3.05) is 13.2 Å². The van der Waals surface area contributed by atoms with Gasteiger partial charge in [-0.25, -0.2) is 0 Å². The Labute approximate surface area is 265 Å². The van der Waals surface area contributed by atoms with Gasteiger partial charge in [0.1, 0.15) is 11.5 Å². The average molecular weight is 603 g/mol. The Bertz CT molecular complexity index is 1210. The summed E-state index contributed by atoms with van der Waals surface area (Å²) < 4.78 is 11.8. The number of hydrogen-bond acceptors (Lipinski definition) is 4. The number of nitrogens with zero attached hydrogens (tertiary/aromatic N) is 2. The number of aliphatic imine (C=N–C) groups is 2. The monoisotopic (exact) mass is 602 g/mol. The second kappa shape index (κ2) is 21.6. The van der Waals surface area contributed by atoms with Crippen LogP contribution in [-0.2, 0) is 0 Å². The van der Waals surface area contributed by atoms with Crippen LogP contribution in [0.2, 0.25) is 5.02 Å². The molecular formula is C38H51ClN2O2. The number of hydrogen-bond donors (Lipinski definition) is 0. The van der Waals surface area contributed by atoms with Crippen LogP contribution in [0.4, 0.5) is 11.4 Å². The normalized spacial score (nSPS) is 11.5. The molecule has 3 rings (SSSR count). The van der Waals surface area contributed by atoms with Crippen LogP contribution in [-0.4, -0.2) is 25.6 Å². The Morgan fingerprint density at radius 1 is 0.535 bits per heavy atom. The quantitative estimate of drug-likeness (QED) is 0.0847. The van der Waals surface area contributed by atoms with Gasteiger partial charge in [0.2, 0.25) is 0 Å². The third kappa shape index (κ3) is 14.8. The Morgan fingerprint density at radius 2 is 0.977 bits per heavy atom. The summed E-state index contributed by atoms with van der Waals surface area (Å²) in [4.78, 5) is 9.17. The second-order valence-corrected chi connectivity index (χ2v) is 11.6. The zero-order valence-corrected chi connectivity index (χ0v) is 27.2. The lowest BCUT2D eigenvalue weighted by Crippen LogP contribution is -1.97. The zero-order valence-electron chi connectivity index (χ0n) is 26.4. The van der Waals surface area contributed by atoms with E-state index in [0.717, 1.165) is 54.4 Å². The van der Waals surface area contributed by atoms with E-state index in [1.165, 1.54) is 77.0 Å². The highest BCUT2D eigenvalue weighted by atomic mass is 35.5. The molecule has 0 aromatic heterocycles. The Balaban J connectivity index is 1.38. The van der Waals surface area contributed by atoms with Crippen molar-refractivity contribution >= 4 is 35.4 Å². The molecule has 0 bridgehead atoms. The molecule has 0 amide bonds.